The largest absolute Gasteiger partial charge is 0.494 e. The number of benzene rings is 1. The van der Waals surface area contributed by atoms with Crippen molar-refractivity contribution < 1.29 is 9.53 Å². The normalized spacial score (nSPS) is 10.9. The van der Waals surface area contributed by atoms with E-state index < -0.39 is 0 Å². The van der Waals surface area contributed by atoms with Crippen LogP contribution in [0.5, 0.6) is 5.75 Å². The molecule has 0 aliphatic heterocycles. The van der Waals surface area contributed by atoms with Crippen molar-refractivity contribution in [1.82, 2.24) is 24.5 Å². The van der Waals surface area contributed by atoms with Gasteiger partial charge in [0.15, 0.2) is 0 Å². The van der Waals surface area contributed by atoms with Gasteiger partial charge in [0.1, 0.15) is 11.3 Å². The number of fused-ring (bicyclic) bond motifs is 1. The molecule has 0 fully saturated rings. The average molecular weight is 417 g/mol. The van der Waals surface area contributed by atoms with Crippen LogP contribution in [0, 0.1) is 0 Å². The summed E-state index contributed by atoms with van der Waals surface area (Å²) in [7, 11) is 0. The average Bonchev–Trinajstić information content (AvgIpc) is 3.24. The Morgan fingerprint density at radius 1 is 1.13 bits per heavy atom. The molecular formula is C23H23N5O3. The van der Waals surface area contributed by atoms with Crippen LogP contribution in [0.1, 0.15) is 19.0 Å². The van der Waals surface area contributed by atoms with Crippen LogP contribution in [-0.4, -0.2) is 31.7 Å². The Morgan fingerprint density at radius 2 is 1.97 bits per heavy atom. The number of ether oxygens (including phenoxy) is 1. The lowest BCUT2D eigenvalue weighted by molar-refractivity contribution is -0.121. The van der Waals surface area contributed by atoms with Gasteiger partial charge in [-0.25, -0.2) is 4.52 Å². The molecule has 0 saturated carbocycles. The molecule has 0 radical (unpaired) electrons. The second kappa shape index (κ2) is 9.25. The van der Waals surface area contributed by atoms with Gasteiger partial charge in [-0.15, -0.1) is 0 Å². The Bertz CT molecular complexity index is 1230. The van der Waals surface area contributed by atoms with Gasteiger partial charge in [-0.2, -0.15) is 5.10 Å². The number of pyridine rings is 1. The number of carbonyl (C=O) groups excluding carboxylic acids is 1. The van der Waals surface area contributed by atoms with E-state index in [0.29, 0.717) is 24.4 Å². The molecule has 0 aliphatic carbocycles. The number of nitrogens with zero attached hydrogens (tertiary/aromatic N) is 4. The molecule has 1 amide bonds. The van der Waals surface area contributed by atoms with Crippen LogP contribution in [0.15, 0.2) is 71.9 Å². The first-order chi connectivity index (χ1) is 15.1. The second-order valence-corrected chi connectivity index (χ2v) is 6.96. The molecule has 0 spiro atoms. The van der Waals surface area contributed by atoms with E-state index in [-0.39, 0.29) is 24.4 Å². The SMILES string of the molecule is CCOc1ccc(-c2cc3c(=O)n(CCC(=O)NCc4ccccn4)ccn3n2)cc1. The molecule has 0 unspecified atom stereocenters. The molecule has 3 heterocycles. The van der Waals surface area contributed by atoms with Crippen LogP contribution >= 0.6 is 0 Å². The van der Waals surface area contributed by atoms with Crippen molar-refractivity contribution in [2.45, 2.75) is 26.4 Å². The highest BCUT2D eigenvalue weighted by Gasteiger charge is 2.10. The van der Waals surface area contributed by atoms with Gasteiger partial charge in [0.2, 0.25) is 5.91 Å². The fourth-order valence-electron chi connectivity index (χ4n) is 3.23. The lowest BCUT2D eigenvalue weighted by Gasteiger charge is -2.07. The highest BCUT2D eigenvalue weighted by molar-refractivity contribution is 5.75. The molecule has 31 heavy (non-hydrogen) atoms. The lowest BCUT2D eigenvalue weighted by Crippen LogP contribution is -2.27. The van der Waals surface area contributed by atoms with Crippen LogP contribution < -0.4 is 15.6 Å². The Hall–Kier alpha value is -3.94. The van der Waals surface area contributed by atoms with E-state index in [4.69, 9.17) is 4.74 Å². The van der Waals surface area contributed by atoms with Gasteiger partial charge in [0.25, 0.3) is 5.56 Å². The summed E-state index contributed by atoms with van der Waals surface area (Å²) in [5, 5.41) is 7.32. The van der Waals surface area contributed by atoms with Crippen LogP contribution in [0.2, 0.25) is 0 Å². The quantitative estimate of drug-likeness (QED) is 0.476. The summed E-state index contributed by atoms with van der Waals surface area (Å²) in [6.45, 7) is 3.19. The number of aromatic nitrogens is 4. The van der Waals surface area contributed by atoms with E-state index in [2.05, 4.69) is 15.4 Å². The van der Waals surface area contributed by atoms with Crippen LogP contribution in [0.4, 0.5) is 0 Å². The number of carbonyl (C=O) groups is 1. The predicted octanol–water partition coefficient (Wildman–Crippen LogP) is 2.66. The third kappa shape index (κ3) is 4.80. The minimum atomic E-state index is -0.190. The van der Waals surface area contributed by atoms with Gasteiger partial charge in [0, 0.05) is 37.1 Å². The molecule has 1 N–H and O–H groups in total. The molecule has 4 rings (SSSR count). The van der Waals surface area contributed by atoms with Crippen molar-refractivity contribution in [1.29, 1.82) is 0 Å². The highest BCUT2D eigenvalue weighted by atomic mass is 16.5. The predicted molar refractivity (Wildman–Crippen MR) is 117 cm³/mol. The number of nitrogens with one attached hydrogen (secondary N) is 1. The summed E-state index contributed by atoms with van der Waals surface area (Å²) in [6, 6.07) is 14.9. The minimum absolute atomic E-state index is 0.138. The van der Waals surface area contributed by atoms with Crippen LogP contribution in [-0.2, 0) is 17.9 Å². The Balaban J connectivity index is 1.44. The fraction of sp³-hybridized carbons (Fsp3) is 0.217. The van der Waals surface area contributed by atoms with Crippen LogP contribution in [0.3, 0.4) is 0 Å². The Labute approximate surface area is 179 Å². The lowest BCUT2D eigenvalue weighted by atomic mass is 10.1. The van der Waals surface area contributed by atoms with E-state index in [9.17, 15) is 9.59 Å². The second-order valence-electron chi connectivity index (χ2n) is 6.96. The van der Waals surface area contributed by atoms with Crippen molar-refractivity contribution in [3.05, 3.63) is 83.2 Å². The maximum Gasteiger partial charge on any atom is 0.276 e. The first-order valence-corrected chi connectivity index (χ1v) is 10.1. The number of hydrogen-bond acceptors (Lipinski definition) is 5. The van der Waals surface area contributed by atoms with Crippen molar-refractivity contribution in [3.63, 3.8) is 0 Å². The van der Waals surface area contributed by atoms with E-state index in [1.807, 2.05) is 49.4 Å². The summed E-state index contributed by atoms with van der Waals surface area (Å²) in [4.78, 5) is 29.2. The van der Waals surface area contributed by atoms with Gasteiger partial charge in [-0.05, 0) is 49.4 Å². The molecule has 0 saturated heterocycles. The smallest absolute Gasteiger partial charge is 0.276 e. The number of hydrogen-bond donors (Lipinski definition) is 1. The van der Waals surface area contributed by atoms with E-state index in [1.54, 1.807) is 29.2 Å². The molecule has 158 valence electrons. The van der Waals surface area contributed by atoms with Gasteiger partial charge < -0.3 is 14.6 Å². The van der Waals surface area contributed by atoms with Gasteiger partial charge in [0.05, 0.1) is 24.5 Å². The summed E-state index contributed by atoms with van der Waals surface area (Å²) in [6.07, 6.45) is 5.25. The zero-order valence-electron chi connectivity index (χ0n) is 17.2. The van der Waals surface area contributed by atoms with E-state index in [1.165, 1.54) is 4.57 Å². The topological polar surface area (TPSA) is 90.5 Å². The molecule has 8 nitrogen and oxygen atoms in total. The molecule has 0 aliphatic rings. The number of amides is 1. The molecule has 0 atom stereocenters. The van der Waals surface area contributed by atoms with Crippen LogP contribution in [0.25, 0.3) is 16.8 Å². The monoisotopic (exact) mass is 417 g/mol. The zero-order chi connectivity index (χ0) is 21.6. The maximum atomic E-state index is 12.8. The summed E-state index contributed by atoms with van der Waals surface area (Å²) in [5.41, 5.74) is 2.65. The zero-order valence-corrected chi connectivity index (χ0v) is 17.2. The first kappa shape index (κ1) is 20.3. The maximum absolute atomic E-state index is 12.8. The fourth-order valence-corrected chi connectivity index (χ4v) is 3.23. The Kier molecular flexibility index (Phi) is 6.07. The molecule has 1 aromatic carbocycles. The first-order valence-electron chi connectivity index (χ1n) is 10.1. The van der Waals surface area contributed by atoms with E-state index >= 15 is 0 Å². The molecule has 0 bridgehead atoms. The summed E-state index contributed by atoms with van der Waals surface area (Å²) >= 11 is 0. The molecule has 4 aromatic rings. The van der Waals surface area contributed by atoms with E-state index in [0.717, 1.165) is 17.0 Å². The third-order valence-electron chi connectivity index (χ3n) is 4.84. The van der Waals surface area contributed by atoms with Crippen molar-refractivity contribution in [3.8, 4) is 17.0 Å². The highest BCUT2D eigenvalue weighted by Crippen LogP contribution is 2.21. The number of aryl methyl sites for hydroxylation is 1. The minimum Gasteiger partial charge on any atom is -0.494 e. The molecule has 3 aromatic heterocycles. The molecule has 8 heteroatoms. The third-order valence-corrected chi connectivity index (χ3v) is 4.84. The summed E-state index contributed by atoms with van der Waals surface area (Å²) < 4.78 is 8.55. The van der Waals surface area contributed by atoms with Crippen molar-refractivity contribution in [2.75, 3.05) is 6.61 Å². The van der Waals surface area contributed by atoms with Gasteiger partial charge >= 0.3 is 0 Å². The number of rotatable bonds is 8. The van der Waals surface area contributed by atoms with Crippen molar-refractivity contribution in [2.24, 2.45) is 0 Å². The Morgan fingerprint density at radius 3 is 2.71 bits per heavy atom. The molecular weight excluding hydrogens is 394 g/mol. The van der Waals surface area contributed by atoms with Gasteiger partial charge in [-0.3, -0.25) is 14.6 Å². The standard InChI is InChI=1S/C23H23N5O3/c1-2-31-19-8-6-17(7-9-19)20-15-21-23(30)27(13-14-28(21)26-20)12-10-22(29)25-16-18-5-3-4-11-24-18/h3-9,11,13-15H,2,10,12,16H2,1H3,(H,25,29). The van der Waals surface area contributed by atoms with Gasteiger partial charge in [-0.1, -0.05) is 6.07 Å². The van der Waals surface area contributed by atoms with Crippen molar-refractivity contribution >= 4 is 11.4 Å². The summed E-state index contributed by atoms with van der Waals surface area (Å²) in [5.74, 6) is 0.653.